The van der Waals surface area contributed by atoms with Crippen molar-refractivity contribution in [1.29, 1.82) is 0 Å². The summed E-state index contributed by atoms with van der Waals surface area (Å²) in [6.45, 7) is 11.3. The Morgan fingerprint density at radius 1 is 1.12 bits per heavy atom. The highest BCUT2D eigenvalue weighted by Gasteiger charge is 2.50. The standard InChI is InChI=1S/C15H28N2/c1-12(2)14-11-16-9-5-4-6-13(16)10-17(14)15(3)7-8-15/h12-14H,4-11H2,1-3H3. The fraction of sp³-hybridized carbons (Fsp3) is 1.00. The highest BCUT2D eigenvalue weighted by Crippen LogP contribution is 2.45. The minimum atomic E-state index is 0.568. The molecule has 2 saturated heterocycles. The normalized spacial score (nSPS) is 38.1. The largest absolute Gasteiger partial charge is 0.298 e. The van der Waals surface area contributed by atoms with E-state index in [-0.39, 0.29) is 0 Å². The molecule has 2 heteroatoms. The molecular weight excluding hydrogens is 208 g/mol. The second-order valence-corrected chi connectivity index (χ2v) is 7.11. The van der Waals surface area contributed by atoms with Gasteiger partial charge in [-0.05, 0) is 45.1 Å². The zero-order valence-corrected chi connectivity index (χ0v) is 11.8. The smallest absolute Gasteiger partial charge is 0.0252 e. The molecule has 1 aliphatic carbocycles. The van der Waals surface area contributed by atoms with Crippen LogP contribution in [0.4, 0.5) is 0 Å². The number of hydrogen-bond donors (Lipinski definition) is 0. The van der Waals surface area contributed by atoms with Crippen LogP contribution in [-0.4, -0.2) is 47.1 Å². The lowest BCUT2D eigenvalue weighted by atomic mass is 9.90. The maximum absolute atomic E-state index is 2.88. The van der Waals surface area contributed by atoms with Crippen LogP contribution < -0.4 is 0 Å². The second kappa shape index (κ2) is 4.24. The molecule has 2 atom stereocenters. The molecule has 1 saturated carbocycles. The summed E-state index contributed by atoms with van der Waals surface area (Å²) < 4.78 is 0. The van der Waals surface area contributed by atoms with Gasteiger partial charge in [0.1, 0.15) is 0 Å². The van der Waals surface area contributed by atoms with E-state index in [4.69, 9.17) is 0 Å². The Kier molecular flexibility index (Phi) is 2.99. The van der Waals surface area contributed by atoms with Crippen molar-refractivity contribution in [3.8, 4) is 0 Å². The first-order valence-corrected chi connectivity index (χ1v) is 7.61. The summed E-state index contributed by atoms with van der Waals surface area (Å²) in [5.74, 6) is 0.801. The summed E-state index contributed by atoms with van der Waals surface area (Å²) >= 11 is 0. The topological polar surface area (TPSA) is 6.48 Å². The maximum atomic E-state index is 2.88. The van der Waals surface area contributed by atoms with E-state index in [0.717, 1.165) is 18.0 Å². The molecule has 3 rings (SSSR count). The van der Waals surface area contributed by atoms with E-state index in [1.165, 1.54) is 51.7 Å². The minimum absolute atomic E-state index is 0.568. The number of fused-ring (bicyclic) bond motifs is 1. The van der Waals surface area contributed by atoms with Crippen molar-refractivity contribution < 1.29 is 0 Å². The first-order chi connectivity index (χ1) is 8.10. The molecule has 0 radical (unpaired) electrons. The predicted octanol–water partition coefficient (Wildman–Crippen LogP) is 2.73. The maximum Gasteiger partial charge on any atom is 0.0252 e. The van der Waals surface area contributed by atoms with E-state index in [0.29, 0.717) is 5.54 Å². The van der Waals surface area contributed by atoms with Gasteiger partial charge in [0, 0.05) is 30.7 Å². The van der Waals surface area contributed by atoms with Gasteiger partial charge in [0.25, 0.3) is 0 Å². The Balaban J connectivity index is 1.76. The summed E-state index contributed by atoms with van der Waals surface area (Å²) in [6, 6.07) is 1.67. The molecule has 98 valence electrons. The third-order valence-electron chi connectivity index (χ3n) is 5.41. The van der Waals surface area contributed by atoms with Crippen LogP contribution in [0.25, 0.3) is 0 Å². The van der Waals surface area contributed by atoms with E-state index in [2.05, 4.69) is 30.6 Å². The molecular formula is C15H28N2. The van der Waals surface area contributed by atoms with Crippen LogP contribution in [0.1, 0.15) is 52.9 Å². The van der Waals surface area contributed by atoms with Gasteiger partial charge in [-0.2, -0.15) is 0 Å². The Morgan fingerprint density at radius 2 is 1.88 bits per heavy atom. The van der Waals surface area contributed by atoms with Crippen molar-refractivity contribution in [2.24, 2.45) is 5.92 Å². The van der Waals surface area contributed by atoms with Crippen molar-refractivity contribution in [2.75, 3.05) is 19.6 Å². The Hall–Kier alpha value is -0.0800. The van der Waals surface area contributed by atoms with E-state index in [9.17, 15) is 0 Å². The SMILES string of the molecule is CC(C)C1CN2CCCCC2CN1C1(C)CC1. The third kappa shape index (κ3) is 2.15. The molecule has 3 aliphatic rings. The average molecular weight is 236 g/mol. The van der Waals surface area contributed by atoms with Crippen LogP contribution in [0.3, 0.4) is 0 Å². The molecule has 0 spiro atoms. The molecule has 0 aromatic carbocycles. The number of piperazine rings is 1. The summed E-state index contributed by atoms with van der Waals surface area (Å²) in [5.41, 5.74) is 0.568. The number of piperidine rings is 1. The summed E-state index contributed by atoms with van der Waals surface area (Å²) in [4.78, 5) is 5.67. The summed E-state index contributed by atoms with van der Waals surface area (Å²) in [7, 11) is 0. The zero-order valence-electron chi connectivity index (χ0n) is 11.8. The molecule has 0 N–H and O–H groups in total. The minimum Gasteiger partial charge on any atom is -0.298 e. The van der Waals surface area contributed by atoms with Crippen LogP contribution in [0.2, 0.25) is 0 Å². The van der Waals surface area contributed by atoms with E-state index in [1.807, 2.05) is 0 Å². The lowest BCUT2D eigenvalue weighted by molar-refractivity contribution is -0.0333. The Morgan fingerprint density at radius 3 is 2.53 bits per heavy atom. The van der Waals surface area contributed by atoms with Crippen molar-refractivity contribution >= 4 is 0 Å². The zero-order chi connectivity index (χ0) is 12.0. The highest BCUT2D eigenvalue weighted by molar-refractivity contribution is 5.06. The first kappa shape index (κ1) is 12.0. The van der Waals surface area contributed by atoms with Gasteiger partial charge in [-0.1, -0.05) is 20.3 Å². The van der Waals surface area contributed by atoms with Crippen molar-refractivity contribution in [2.45, 2.75) is 70.5 Å². The summed E-state index contributed by atoms with van der Waals surface area (Å²) in [6.07, 6.45) is 7.19. The van der Waals surface area contributed by atoms with Gasteiger partial charge >= 0.3 is 0 Å². The van der Waals surface area contributed by atoms with Gasteiger partial charge in [-0.25, -0.2) is 0 Å². The molecule has 17 heavy (non-hydrogen) atoms. The molecule has 2 aliphatic heterocycles. The van der Waals surface area contributed by atoms with E-state index >= 15 is 0 Å². The van der Waals surface area contributed by atoms with Gasteiger partial charge in [0.2, 0.25) is 0 Å². The fourth-order valence-corrected chi connectivity index (χ4v) is 3.87. The first-order valence-electron chi connectivity index (χ1n) is 7.61. The molecule has 0 aromatic rings. The molecule has 0 aromatic heterocycles. The molecule has 2 nitrogen and oxygen atoms in total. The Labute approximate surface area is 106 Å². The van der Waals surface area contributed by atoms with Crippen molar-refractivity contribution in [1.82, 2.24) is 9.80 Å². The van der Waals surface area contributed by atoms with Crippen LogP contribution in [0.5, 0.6) is 0 Å². The fourth-order valence-electron chi connectivity index (χ4n) is 3.87. The van der Waals surface area contributed by atoms with Gasteiger partial charge in [0.15, 0.2) is 0 Å². The van der Waals surface area contributed by atoms with Gasteiger partial charge in [0.05, 0.1) is 0 Å². The van der Waals surface area contributed by atoms with Gasteiger partial charge in [-0.15, -0.1) is 0 Å². The number of rotatable bonds is 2. The van der Waals surface area contributed by atoms with E-state index < -0.39 is 0 Å². The molecule has 2 heterocycles. The number of hydrogen-bond acceptors (Lipinski definition) is 2. The van der Waals surface area contributed by atoms with Crippen LogP contribution >= 0.6 is 0 Å². The molecule has 0 amide bonds. The quantitative estimate of drug-likeness (QED) is 0.727. The molecule has 0 bridgehead atoms. The van der Waals surface area contributed by atoms with Crippen molar-refractivity contribution in [3.63, 3.8) is 0 Å². The van der Waals surface area contributed by atoms with Crippen LogP contribution in [0.15, 0.2) is 0 Å². The Bertz CT molecular complexity index is 283. The lowest BCUT2D eigenvalue weighted by Gasteiger charge is -2.52. The predicted molar refractivity (Wildman–Crippen MR) is 72.2 cm³/mol. The average Bonchev–Trinajstić information content (AvgIpc) is 3.07. The van der Waals surface area contributed by atoms with Crippen LogP contribution in [0, 0.1) is 5.92 Å². The van der Waals surface area contributed by atoms with Crippen LogP contribution in [-0.2, 0) is 0 Å². The molecule has 3 fully saturated rings. The van der Waals surface area contributed by atoms with Crippen molar-refractivity contribution in [3.05, 3.63) is 0 Å². The lowest BCUT2D eigenvalue weighted by Crippen LogP contribution is -2.63. The molecule has 2 unspecified atom stereocenters. The highest BCUT2D eigenvalue weighted by atomic mass is 15.4. The summed E-state index contributed by atoms with van der Waals surface area (Å²) in [5, 5.41) is 0. The van der Waals surface area contributed by atoms with E-state index in [1.54, 1.807) is 0 Å². The second-order valence-electron chi connectivity index (χ2n) is 7.11. The number of nitrogens with zero attached hydrogens (tertiary/aromatic N) is 2. The van der Waals surface area contributed by atoms with Gasteiger partial charge < -0.3 is 0 Å². The van der Waals surface area contributed by atoms with Gasteiger partial charge in [-0.3, -0.25) is 9.80 Å². The monoisotopic (exact) mass is 236 g/mol. The third-order valence-corrected chi connectivity index (χ3v) is 5.41.